The Balaban J connectivity index is 2.21. The molecule has 3 rings (SSSR count). The van der Waals surface area contributed by atoms with Gasteiger partial charge < -0.3 is 23.1 Å². The zero-order chi connectivity index (χ0) is 15.7. The highest BCUT2D eigenvalue weighted by Gasteiger charge is 2.50. The van der Waals surface area contributed by atoms with Gasteiger partial charge in [-0.1, -0.05) is 11.1 Å². The Morgan fingerprint density at radius 3 is 2.73 bits per heavy atom. The highest BCUT2D eigenvalue weighted by atomic mass is 32.1. The summed E-state index contributed by atoms with van der Waals surface area (Å²) in [5.41, 5.74) is 0.226. The topological polar surface area (TPSA) is 59.9 Å². The van der Waals surface area contributed by atoms with Gasteiger partial charge in [0.25, 0.3) is 0 Å². The summed E-state index contributed by atoms with van der Waals surface area (Å²) in [6, 6.07) is 9.55. The Kier molecular flexibility index (Phi) is 3.87. The number of hydrogen-bond acceptors (Lipinski definition) is 5. The average Bonchev–Trinajstić information content (AvgIpc) is 3.00. The molecule has 0 bridgehead atoms. The van der Waals surface area contributed by atoms with Crippen LogP contribution in [0.5, 0.6) is 0 Å². The van der Waals surface area contributed by atoms with E-state index in [2.05, 4.69) is 11.4 Å². The lowest BCUT2D eigenvalue weighted by atomic mass is 9.79. The predicted molar refractivity (Wildman–Crippen MR) is 86.5 cm³/mol. The Morgan fingerprint density at radius 1 is 1.41 bits per heavy atom. The predicted octanol–water partition coefficient (Wildman–Crippen LogP) is 1.95. The Labute approximate surface area is 138 Å². The molecule has 112 valence electrons. The molecule has 0 amide bonds. The van der Waals surface area contributed by atoms with Gasteiger partial charge in [-0.3, -0.25) is 0 Å². The van der Waals surface area contributed by atoms with Crippen LogP contribution in [0.3, 0.4) is 0 Å². The quantitative estimate of drug-likeness (QED) is 0.653. The summed E-state index contributed by atoms with van der Waals surface area (Å²) < 4.78 is 1.93. The number of rotatable bonds is 2. The maximum atomic E-state index is 10.9. The molecule has 0 saturated carbocycles. The van der Waals surface area contributed by atoms with Gasteiger partial charge in [-0.05, 0) is 29.3 Å². The minimum Gasteiger partial charge on any atom is -0.762 e. The lowest BCUT2D eigenvalue weighted by Crippen LogP contribution is -2.62. The van der Waals surface area contributed by atoms with Gasteiger partial charge >= 0.3 is 0 Å². The van der Waals surface area contributed by atoms with Crippen LogP contribution in [0.1, 0.15) is 24.4 Å². The van der Waals surface area contributed by atoms with Gasteiger partial charge in [-0.15, -0.1) is 0 Å². The van der Waals surface area contributed by atoms with Crippen molar-refractivity contribution in [1.82, 2.24) is 5.32 Å². The zero-order valence-electron chi connectivity index (χ0n) is 11.9. The summed E-state index contributed by atoms with van der Waals surface area (Å²) in [5.74, 6) is -0.285. The van der Waals surface area contributed by atoms with Crippen molar-refractivity contribution < 1.29 is 9.67 Å². The van der Waals surface area contributed by atoms with Crippen molar-refractivity contribution >= 4 is 24.0 Å². The fourth-order valence-corrected chi connectivity index (χ4v) is 4.05. The van der Waals surface area contributed by atoms with Crippen LogP contribution in [0.4, 0.5) is 0 Å². The molecule has 22 heavy (non-hydrogen) atoms. The fourth-order valence-electron chi connectivity index (χ4n) is 2.98. The second-order valence-corrected chi connectivity index (χ2v) is 6.62. The van der Waals surface area contributed by atoms with E-state index in [0.29, 0.717) is 10.6 Å². The van der Waals surface area contributed by atoms with Crippen LogP contribution in [0.2, 0.25) is 0 Å². The number of allylic oxidation sites excluding steroid dienone is 1. The Morgan fingerprint density at radius 2 is 2.14 bits per heavy atom. The smallest absolute Gasteiger partial charge is 0.216 e. The van der Waals surface area contributed by atoms with Crippen LogP contribution < -0.4 is 9.88 Å². The molecule has 0 saturated heterocycles. The van der Waals surface area contributed by atoms with E-state index in [0.717, 1.165) is 5.56 Å². The van der Waals surface area contributed by atoms with Crippen LogP contribution in [-0.4, -0.2) is 10.8 Å². The molecule has 4 nitrogen and oxygen atoms in total. The number of nitrogens with zero attached hydrogens (tertiary/aromatic N) is 2. The van der Waals surface area contributed by atoms with Crippen molar-refractivity contribution in [2.75, 3.05) is 0 Å². The highest BCUT2D eigenvalue weighted by molar-refractivity contribution is 7.63. The van der Waals surface area contributed by atoms with Gasteiger partial charge in [0, 0.05) is 17.7 Å². The van der Waals surface area contributed by atoms with Gasteiger partial charge in [0.2, 0.25) is 6.04 Å². The molecular weight excluding hydrogens is 314 g/mol. The molecule has 6 heteroatoms. The van der Waals surface area contributed by atoms with Crippen LogP contribution in [0.25, 0.3) is 0 Å². The standard InChI is InChI=1S/C16H15N3OS2/c1-16(20)14(19-6-3-2-4-7-19)13(11-5-8-22-10-11)12(9-17)15(21)18-16/h2-8,10,13-14,18,20H,1H3/t13-,14+,16+/m0/s1. The highest BCUT2D eigenvalue weighted by Crippen LogP contribution is 2.42. The molecule has 0 unspecified atom stereocenters. The number of nitriles is 1. The summed E-state index contributed by atoms with van der Waals surface area (Å²) >= 11 is 6.86. The van der Waals surface area contributed by atoms with E-state index in [9.17, 15) is 10.4 Å². The normalized spacial score (nSPS) is 28.0. The van der Waals surface area contributed by atoms with Crippen LogP contribution >= 0.6 is 11.3 Å². The molecule has 2 aromatic rings. The van der Waals surface area contributed by atoms with Gasteiger partial charge in [0.1, 0.15) is 0 Å². The Hall–Kier alpha value is -1.94. The molecule has 0 fully saturated rings. The van der Waals surface area contributed by atoms with E-state index in [1.54, 1.807) is 18.3 Å². The molecular formula is C16H15N3OS2. The summed E-state index contributed by atoms with van der Waals surface area (Å²) in [6.45, 7) is 1.69. The molecule has 2 N–H and O–H groups in total. The van der Waals surface area contributed by atoms with E-state index >= 15 is 0 Å². The number of nitrogens with one attached hydrogen (secondary N) is 1. The lowest BCUT2D eigenvalue weighted by molar-refractivity contribution is -0.741. The second kappa shape index (κ2) is 5.69. The first kappa shape index (κ1) is 15.0. The molecule has 3 heterocycles. The monoisotopic (exact) mass is 329 g/mol. The largest absolute Gasteiger partial charge is 0.762 e. The van der Waals surface area contributed by atoms with E-state index in [-0.39, 0.29) is 12.0 Å². The summed E-state index contributed by atoms with van der Waals surface area (Å²) in [6.07, 6.45) is 3.78. The lowest BCUT2D eigenvalue weighted by Gasteiger charge is -2.43. The number of hydrogen-bond donors (Lipinski definition) is 2. The first-order chi connectivity index (χ1) is 10.5. The van der Waals surface area contributed by atoms with Gasteiger partial charge in [0.15, 0.2) is 18.1 Å². The zero-order valence-corrected chi connectivity index (χ0v) is 13.6. The van der Waals surface area contributed by atoms with Crippen molar-refractivity contribution in [3.05, 3.63) is 63.6 Å². The van der Waals surface area contributed by atoms with E-state index in [1.807, 2.05) is 52.0 Å². The van der Waals surface area contributed by atoms with Gasteiger partial charge in [-0.25, -0.2) is 0 Å². The molecule has 2 aromatic heterocycles. The molecule has 1 aliphatic rings. The van der Waals surface area contributed by atoms with Gasteiger partial charge in [0.05, 0.1) is 12.0 Å². The first-order valence-corrected chi connectivity index (χ1v) is 8.19. The molecule has 0 aliphatic carbocycles. The fraction of sp³-hybridized carbons (Fsp3) is 0.250. The molecule has 1 aliphatic heterocycles. The third-order valence-corrected chi connectivity index (χ3v) is 4.92. The van der Waals surface area contributed by atoms with Crippen LogP contribution in [-0.2, 0) is 12.6 Å². The maximum absolute atomic E-state index is 10.9. The third kappa shape index (κ3) is 2.48. The van der Waals surface area contributed by atoms with Crippen molar-refractivity contribution in [2.45, 2.75) is 24.6 Å². The number of thiophene rings is 1. The first-order valence-electron chi connectivity index (χ1n) is 6.84. The average molecular weight is 329 g/mol. The van der Waals surface area contributed by atoms with Crippen molar-refractivity contribution in [3.63, 3.8) is 0 Å². The second-order valence-electron chi connectivity index (χ2n) is 5.43. The SMILES string of the molecule is C[C@]1(O)NC([S-])=C(C#N)[C@H](c2ccsc2)[C@H]1[n+]1ccccc1. The van der Waals surface area contributed by atoms with E-state index < -0.39 is 5.72 Å². The van der Waals surface area contributed by atoms with Crippen molar-refractivity contribution in [3.8, 4) is 6.07 Å². The van der Waals surface area contributed by atoms with E-state index in [4.69, 9.17) is 12.6 Å². The third-order valence-electron chi connectivity index (χ3n) is 3.90. The number of pyridine rings is 1. The minimum atomic E-state index is -1.25. The van der Waals surface area contributed by atoms with E-state index in [1.165, 1.54) is 0 Å². The summed E-state index contributed by atoms with van der Waals surface area (Å²) in [7, 11) is 0. The van der Waals surface area contributed by atoms with Crippen LogP contribution in [0, 0.1) is 11.3 Å². The molecule has 0 aromatic carbocycles. The molecule has 3 atom stereocenters. The number of aliphatic hydroxyl groups is 1. The summed E-state index contributed by atoms with van der Waals surface area (Å²) in [4.78, 5) is 0. The number of aromatic nitrogens is 1. The van der Waals surface area contributed by atoms with Gasteiger partial charge in [-0.2, -0.15) is 21.2 Å². The van der Waals surface area contributed by atoms with Crippen molar-refractivity contribution in [2.24, 2.45) is 0 Å². The minimum absolute atomic E-state index is 0.285. The molecule has 0 radical (unpaired) electrons. The molecule has 0 spiro atoms. The maximum Gasteiger partial charge on any atom is 0.216 e. The summed E-state index contributed by atoms with van der Waals surface area (Å²) in [5, 5.41) is 27.7. The van der Waals surface area contributed by atoms with Crippen molar-refractivity contribution in [1.29, 1.82) is 5.26 Å². The van der Waals surface area contributed by atoms with Crippen LogP contribution in [0.15, 0.2) is 58.0 Å². The Bertz CT molecular complexity index is 733.